The first-order valence-corrected chi connectivity index (χ1v) is 8.94. The first-order valence-electron chi connectivity index (χ1n) is 8.57. The van der Waals surface area contributed by atoms with Crippen molar-refractivity contribution in [3.63, 3.8) is 0 Å². The number of benzene rings is 1. The second-order valence-corrected chi connectivity index (χ2v) is 6.75. The lowest BCUT2D eigenvalue weighted by molar-refractivity contribution is 0.461. The van der Waals surface area contributed by atoms with Crippen LogP contribution in [0.4, 0.5) is 5.82 Å². The van der Waals surface area contributed by atoms with Gasteiger partial charge in [0.2, 0.25) is 5.78 Å². The van der Waals surface area contributed by atoms with Gasteiger partial charge in [-0.25, -0.2) is 9.97 Å². The van der Waals surface area contributed by atoms with Gasteiger partial charge in [0.1, 0.15) is 23.3 Å². The van der Waals surface area contributed by atoms with Crippen LogP contribution in [0.2, 0.25) is 5.02 Å². The van der Waals surface area contributed by atoms with E-state index < -0.39 is 0 Å². The molecule has 0 spiro atoms. The Morgan fingerprint density at radius 1 is 1.16 bits per heavy atom. The van der Waals surface area contributed by atoms with Crippen LogP contribution in [0.3, 0.4) is 0 Å². The Labute approximate surface area is 151 Å². The smallest absolute Gasteiger partial charge is 0.237 e. The summed E-state index contributed by atoms with van der Waals surface area (Å²) >= 11 is 6.41. The maximum absolute atomic E-state index is 9.52. The van der Waals surface area contributed by atoms with Crippen molar-refractivity contribution in [2.45, 2.75) is 38.1 Å². The van der Waals surface area contributed by atoms with Crippen molar-refractivity contribution in [3.05, 3.63) is 47.2 Å². The van der Waals surface area contributed by atoms with E-state index in [1.807, 2.05) is 24.3 Å². The predicted molar refractivity (Wildman–Crippen MR) is 98.6 cm³/mol. The largest absolute Gasteiger partial charge is 0.367 e. The number of hydrogen-bond donors (Lipinski definition) is 1. The standard InChI is InChI=1S/C19H18ClN5/c20-16-9-5-4-8-15(16)17-18(23-13-6-2-1-3-7-13)25-14(12-21)10-11-22-19(25)24-17/h4-5,8-11,13,23H,1-3,6-7H2. The molecule has 0 unspecified atom stereocenters. The molecule has 5 nitrogen and oxygen atoms in total. The Hall–Kier alpha value is -2.58. The fourth-order valence-corrected chi connectivity index (χ4v) is 3.70. The highest BCUT2D eigenvalue weighted by Gasteiger charge is 2.22. The van der Waals surface area contributed by atoms with Gasteiger partial charge in [0.05, 0.1) is 5.02 Å². The maximum Gasteiger partial charge on any atom is 0.237 e. The third kappa shape index (κ3) is 2.94. The van der Waals surface area contributed by atoms with Crippen molar-refractivity contribution in [2.24, 2.45) is 0 Å². The third-order valence-electron chi connectivity index (χ3n) is 4.71. The Kier molecular flexibility index (Phi) is 4.29. The molecule has 0 bridgehead atoms. The molecule has 0 amide bonds. The quantitative estimate of drug-likeness (QED) is 0.744. The van der Waals surface area contributed by atoms with Gasteiger partial charge in [-0.15, -0.1) is 0 Å². The van der Waals surface area contributed by atoms with E-state index in [9.17, 15) is 5.26 Å². The minimum absolute atomic E-state index is 0.377. The number of anilines is 1. The zero-order valence-corrected chi connectivity index (χ0v) is 14.5. The summed E-state index contributed by atoms with van der Waals surface area (Å²) < 4.78 is 1.80. The molecule has 0 aliphatic heterocycles. The highest BCUT2D eigenvalue weighted by Crippen LogP contribution is 2.35. The van der Waals surface area contributed by atoms with Crippen LogP contribution in [-0.2, 0) is 0 Å². The Bertz CT molecular complexity index is 950. The molecule has 0 atom stereocenters. The van der Waals surface area contributed by atoms with Crippen LogP contribution in [0.15, 0.2) is 36.5 Å². The van der Waals surface area contributed by atoms with Crippen molar-refractivity contribution in [1.82, 2.24) is 14.4 Å². The van der Waals surface area contributed by atoms with Gasteiger partial charge in [-0.05, 0) is 25.0 Å². The fourth-order valence-electron chi connectivity index (χ4n) is 3.47. The minimum Gasteiger partial charge on any atom is -0.367 e. The molecule has 2 heterocycles. The van der Waals surface area contributed by atoms with Crippen molar-refractivity contribution in [2.75, 3.05) is 5.32 Å². The highest BCUT2D eigenvalue weighted by atomic mass is 35.5. The lowest BCUT2D eigenvalue weighted by Gasteiger charge is -2.24. The molecule has 0 saturated heterocycles. The van der Waals surface area contributed by atoms with Crippen LogP contribution in [-0.4, -0.2) is 20.4 Å². The molecule has 2 aromatic heterocycles. The van der Waals surface area contributed by atoms with E-state index in [4.69, 9.17) is 11.6 Å². The number of rotatable bonds is 3. The molecule has 0 radical (unpaired) electrons. The van der Waals surface area contributed by atoms with E-state index in [1.54, 1.807) is 16.7 Å². The molecule has 1 aliphatic carbocycles. The minimum atomic E-state index is 0.377. The van der Waals surface area contributed by atoms with E-state index in [2.05, 4.69) is 21.4 Å². The number of nitriles is 1. The van der Waals surface area contributed by atoms with Gasteiger partial charge in [-0.3, -0.25) is 4.40 Å². The van der Waals surface area contributed by atoms with Crippen molar-refractivity contribution in [3.8, 4) is 17.3 Å². The second-order valence-electron chi connectivity index (χ2n) is 6.35. The number of hydrogen-bond acceptors (Lipinski definition) is 4. The summed E-state index contributed by atoms with van der Waals surface area (Å²) in [5.74, 6) is 1.31. The monoisotopic (exact) mass is 351 g/mol. The first-order chi connectivity index (χ1) is 12.3. The summed E-state index contributed by atoms with van der Waals surface area (Å²) in [6.45, 7) is 0. The van der Waals surface area contributed by atoms with Gasteiger partial charge in [0.15, 0.2) is 0 Å². The Morgan fingerprint density at radius 2 is 1.96 bits per heavy atom. The second kappa shape index (κ2) is 6.73. The van der Waals surface area contributed by atoms with E-state index in [0.717, 1.165) is 29.9 Å². The molecular weight excluding hydrogens is 334 g/mol. The molecule has 1 N–H and O–H groups in total. The lowest BCUT2D eigenvalue weighted by Crippen LogP contribution is -2.23. The number of halogens is 1. The maximum atomic E-state index is 9.52. The summed E-state index contributed by atoms with van der Waals surface area (Å²) in [5, 5.41) is 13.8. The van der Waals surface area contributed by atoms with E-state index in [-0.39, 0.29) is 0 Å². The SMILES string of the molecule is N#Cc1ccnc2nc(-c3ccccc3Cl)c(NC3CCCCC3)n12. The molecule has 1 aromatic carbocycles. The molecule has 3 aromatic rings. The van der Waals surface area contributed by atoms with Crippen molar-refractivity contribution in [1.29, 1.82) is 5.26 Å². The summed E-state index contributed by atoms with van der Waals surface area (Å²) in [4.78, 5) is 9.01. The number of nitrogens with one attached hydrogen (secondary N) is 1. The van der Waals surface area contributed by atoms with Gasteiger partial charge in [-0.2, -0.15) is 5.26 Å². The summed E-state index contributed by atoms with van der Waals surface area (Å²) in [6.07, 6.45) is 7.59. The van der Waals surface area contributed by atoms with Crippen LogP contribution < -0.4 is 5.32 Å². The van der Waals surface area contributed by atoms with Crippen LogP contribution in [0.1, 0.15) is 37.8 Å². The third-order valence-corrected chi connectivity index (χ3v) is 5.04. The van der Waals surface area contributed by atoms with Crippen LogP contribution in [0.5, 0.6) is 0 Å². The molecule has 1 aliphatic rings. The summed E-state index contributed by atoms with van der Waals surface area (Å²) in [7, 11) is 0. The Morgan fingerprint density at radius 3 is 2.72 bits per heavy atom. The van der Waals surface area contributed by atoms with Crippen LogP contribution >= 0.6 is 11.6 Å². The molecule has 1 fully saturated rings. The topological polar surface area (TPSA) is 66.0 Å². The number of nitrogens with zero attached hydrogens (tertiary/aromatic N) is 4. The van der Waals surface area contributed by atoms with E-state index >= 15 is 0 Å². The van der Waals surface area contributed by atoms with Crippen molar-refractivity contribution >= 4 is 23.2 Å². The fraction of sp³-hybridized carbons (Fsp3) is 0.316. The number of imidazole rings is 1. The molecule has 25 heavy (non-hydrogen) atoms. The highest BCUT2D eigenvalue weighted by molar-refractivity contribution is 6.33. The molecule has 126 valence electrons. The number of aromatic nitrogens is 3. The van der Waals surface area contributed by atoms with E-state index in [0.29, 0.717) is 22.5 Å². The number of fused-ring (bicyclic) bond motifs is 1. The molecule has 6 heteroatoms. The van der Waals surface area contributed by atoms with Gasteiger partial charge in [0.25, 0.3) is 0 Å². The molecule has 4 rings (SSSR count). The van der Waals surface area contributed by atoms with Gasteiger partial charge < -0.3 is 5.32 Å². The summed E-state index contributed by atoms with van der Waals surface area (Å²) in [5.41, 5.74) is 2.09. The zero-order valence-electron chi connectivity index (χ0n) is 13.7. The van der Waals surface area contributed by atoms with Gasteiger partial charge >= 0.3 is 0 Å². The zero-order chi connectivity index (χ0) is 17.2. The van der Waals surface area contributed by atoms with Gasteiger partial charge in [0, 0.05) is 17.8 Å². The average Bonchev–Trinajstić information content (AvgIpc) is 3.01. The van der Waals surface area contributed by atoms with Crippen LogP contribution in [0, 0.1) is 11.3 Å². The van der Waals surface area contributed by atoms with Gasteiger partial charge in [-0.1, -0.05) is 49.1 Å². The molecular formula is C19H18ClN5. The average molecular weight is 352 g/mol. The molecule has 1 saturated carbocycles. The van der Waals surface area contributed by atoms with E-state index in [1.165, 1.54) is 19.3 Å². The summed E-state index contributed by atoms with van der Waals surface area (Å²) in [6, 6.07) is 12.0. The van der Waals surface area contributed by atoms with Crippen molar-refractivity contribution < 1.29 is 0 Å². The van der Waals surface area contributed by atoms with Crippen LogP contribution in [0.25, 0.3) is 17.0 Å². The normalized spacial score (nSPS) is 15.2. The lowest BCUT2D eigenvalue weighted by atomic mass is 9.95. The predicted octanol–water partition coefficient (Wildman–Crippen LogP) is 4.67. The first kappa shape index (κ1) is 15.9. The Balaban J connectivity index is 1.91.